The van der Waals surface area contributed by atoms with Gasteiger partial charge in [0, 0.05) is 11.5 Å². The zero-order valence-electron chi connectivity index (χ0n) is 38.1. The maximum Gasteiger partial charge on any atom is 0.407 e. The number of rotatable bonds is 10. The van der Waals surface area contributed by atoms with Crippen LogP contribution in [0.5, 0.6) is 0 Å². The summed E-state index contributed by atoms with van der Waals surface area (Å²) in [5, 5.41) is 5.46. The third-order valence-corrected chi connectivity index (χ3v) is 15.1. The molecule has 6 aliphatic rings. The molecule has 2 aliphatic heterocycles. The third-order valence-electron chi connectivity index (χ3n) is 13.1. The Labute approximate surface area is 392 Å². The van der Waals surface area contributed by atoms with Crippen molar-refractivity contribution in [3.63, 3.8) is 0 Å². The second-order valence-corrected chi connectivity index (χ2v) is 20.1. The minimum absolute atomic E-state index is 0.118. The number of alkyl carbamates (subject to hydrolysis) is 2. The number of imidazole rings is 2. The van der Waals surface area contributed by atoms with E-state index in [4.69, 9.17) is 19.4 Å². The molecule has 16 heteroatoms. The number of nitrogens with zero attached hydrogens (tertiary/aromatic N) is 4. The van der Waals surface area contributed by atoms with Crippen molar-refractivity contribution >= 4 is 69.6 Å². The summed E-state index contributed by atoms with van der Waals surface area (Å²) < 4.78 is 9.62. The standard InChI is InChI=1S/C50H56N8O6S2/c1-27(2)43(55-49(61)63-5)47(59)57-25-65-23-41(57)45-51-37-17-15-33(21-39(37)53-45)35-19-29-7-11-31(35)13-9-30-8-12-32(14-10-29)36(20-30)34-16-18-38-40(22-34)54-46(52-38)42-24-66-26-58(42)48(60)44(28(3)4)56-50(62)64-6/h7-8,11-12,15-22,27-28,41-44H,9-10,13-14,23-26H2,1-6H3,(H,51,53)(H,52,54)(H,55,61)(H,56,62)/t41-,42-,43?,44?/m0/s1. The van der Waals surface area contributed by atoms with Crippen LogP contribution in [0, 0.1) is 11.8 Å². The highest BCUT2D eigenvalue weighted by Gasteiger charge is 2.39. The lowest BCUT2D eigenvalue weighted by molar-refractivity contribution is -0.135. The number of fused-ring (bicyclic) bond motifs is 2. The first-order chi connectivity index (χ1) is 31.9. The average molecular weight is 929 g/mol. The van der Waals surface area contributed by atoms with Gasteiger partial charge in [0.15, 0.2) is 0 Å². The van der Waals surface area contributed by atoms with Crippen LogP contribution in [0.3, 0.4) is 0 Å². The van der Waals surface area contributed by atoms with Gasteiger partial charge in [0.25, 0.3) is 0 Å². The van der Waals surface area contributed by atoms with E-state index in [1.807, 2.05) is 37.5 Å². The van der Waals surface area contributed by atoms with Gasteiger partial charge in [-0.15, -0.1) is 23.5 Å². The quantitative estimate of drug-likeness (QED) is 0.104. The first-order valence-electron chi connectivity index (χ1n) is 22.6. The number of amides is 4. The van der Waals surface area contributed by atoms with Crippen LogP contribution in [-0.4, -0.2) is 103 Å². The molecule has 66 heavy (non-hydrogen) atoms. The second-order valence-electron chi connectivity index (χ2n) is 18.1. The molecule has 4 heterocycles. The Hall–Kier alpha value is -6.00. The predicted molar refractivity (Wildman–Crippen MR) is 260 cm³/mol. The Kier molecular flexibility index (Phi) is 13.1. The summed E-state index contributed by atoms with van der Waals surface area (Å²) >= 11 is 3.35. The molecule has 0 spiro atoms. The molecule has 4 aliphatic carbocycles. The minimum Gasteiger partial charge on any atom is -0.453 e. The second kappa shape index (κ2) is 19.1. The van der Waals surface area contributed by atoms with Crippen LogP contribution < -0.4 is 10.6 Å². The number of carbonyl (C=O) groups is 4. The van der Waals surface area contributed by atoms with Crippen molar-refractivity contribution in [2.45, 2.75) is 77.5 Å². The first kappa shape index (κ1) is 45.2. The molecule has 4 bridgehead atoms. The maximum absolute atomic E-state index is 13.8. The summed E-state index contributed by atoms with van der Waals surface area (Å²) in [6.45, 7) is 7.65. The molecule has 4 amide bonds. The molecular weight excluding hydrogens is 873 g/mol. The molecule has 6 aromatic rings. The average Bonchev–Trinajstić information content (AvgIpc) is 4.15. The van der Waals surface area contributed by atoms with E-state index in [1.165, 1.54) is 47.6 Å². The van der Waals surface area contributed by atoms with Crippen LogP contribution in [0.1, 0.15) is 73.7 Å². The largest absolute Gasteiger partial charge is 0.453 e. The van der Waals surface area contributed by atoms with Crippen molar-refractivity contribution < 1.29 is 28.7 Å². The summed E-state index contributed by atoms with van der Waals surface area (Å²) in [5.41, 5.74) is 13.2. The Morgan fingerprint density at radius 1 is 0.606 bits per heavy atom. The maximum atomic E-state index is 13.8. The van der Waals surface area contributed by atoms with Gasteiger partial charge in [0.05, 0.1) is 60.1 Å². The number of aromatic nitrogens is 4. The van der Waals surface area contributed by atoms with Gasteiger partial charge in [0.2, 0.25) is 11.8 Å². The highest BCUT2D eigenvalue weighted by atomic mass is 32.2. The van der Waals surface area contributed by atoms with E-state index < -0.39 is 24.3 Å². The van der Waals surface area contributed by atoms with Crippen LogP contribution in [-0.2, 0) is 44.7 Å². The fourth-order valence-corrected chi connectivity index (χ4v) is 11.7. The Morgan fingerprint density at radius 2 is 1.03 bits per heavy atom. The van der Waals surface area contributed by atoms with Crippen molar-refractivity contribution in [1.29, 1.82) is 0 Å². The molecule has 2 fully saturated rings. The van der Waals surface area contributed by atoms with Gasteiger partial charge in [-0.2, -0.15) is 0 Å². The number of thioether (sulfide) groups is 2. The Balaban J connectivity index is 0.941. The topological polar surface area (TPSA) is 175 Å². The summed E-state index contributed by atoms with van der Waals surface area (Å²) in [6, 6.07) is 24.7. The summed E-state index contributed by atoms with van der Waals surface area (Å²) in [6.07, 6.45) is 2.19. The van der Waals surface area contributed by atoms with Gasteiger partial charge >= 0.3 is 12.2 Å². The van der Waals surface area contributed by atoms with Crippen LogP contribution in [0.4, 0.5) is 9.59 Å². The van der Waals surface area contributed by atoms with Crippen molar-refractivity contribution in [2.24, 2.45) is 11.8 Å². The summed E-state index contributed by atoms with van der Waals surface area (Å²) in [5.74, 6) is 3.38. The van der Waals surface area contributed by atoms with E-state index in [2.05, 4.69) is 93.4 Å². The number of methoxy groups -OCH3 is 2. The molecule has 2 unspecified atom stereocenters. The van der Waals surface area contributed by atoms with Crippen LogP contribution in [0.2, 0.25) is 0 Å². The van der Waals surface area contributed by atoms with Gasteiger partial charge in [-0.25, -0.2) is 19.6 Å². The minimum atomic E-state index is -0.706. The van der Waals surface area contributed by atoms with Crippen molar-refractivity contribution in [1.82, 2.24) is 40.4 Å². The molecule has 2 saturated heterocycles. The zero-order chi connectivity index (χ0) is 46.2. The molecule has 4 N–H and O–H groups in total. The SMILES string of the molecule is COC(=O)NC(C(=O)N1CSC[C@H]1c1nc2cc(-c3cc4ccc3CCc3ccc(c(-c5ccc6[nH]c([C@@H]7CSCN7C(=O)C(NC(=O)OC)C(C)C)nc6c5)c3)CC4)ccc2[nH]1)C(C)C. The van der Waals surface area contributed by atoms with E-state index in [9.17, 15) is 19.2 Å². The van der Waals surface area contributed by atoms with Crippen molar-refractivity contribution in [2.75, 3.05) is 37.5 Å². The van der Waals surface area contributed by atoms with E-state index in [0.29, 0.717) is 23.3 Å². The van der Waals surface area contributed by atoms with Crippen LogP contribution >= 0.6 is 23.5 Å². The number of hydrogen-bond donors (Lipinski definition) is 4. The fraction of sp³-hybridized carbons (Fsp3) is 0.400. The monoisotopic (exact) mass is 928 g/mol. The fourth-order valence-electron chi connectivity index (χ4n) is 9.32. The number of hydrogen-bond acceptors (Lipinski definition) is 10. The highest BCUT2D eigenvalue weighted by Crippen LogP contribution is 2.38. The predicted octanol–water partition coefficient (Wildman–Crippen LogP) is 8.57. The number of carbonyl (C=O) groups excluding carboxylic acids is 4. The first-order valence-corrected chi connectivity index (χ1v) is 24.9. The van der Waals surface area contributed by atoms with Crippen LogP contribution in [0.15, 0.2) is 72.8 Å². The molecule has 344 valence electrons. The number of benzene rings is 4. The highest BCUT2D eigenvalue weighted by molar-refractivity contribution is 7.99. The lowest BCUT2D eigenvalue weighted by atomic mass is 9.87. The number of H-pyrrole nitrogens is 2. The molecule has 14 nitrogen and oxygen atoms in total. The third kappa shape index (κ3) is 9.09. The smallest absolute Gasteiger partial charge is 0.407 e. The molecule has 4 atom stereocenters. The molecule has 0 radical (unpaired) electrons. The van der Waals surface area contributed by atoms with E-state index in [-0.39, 0.29) is 35.7 Å². The zero-order valence-corrected chi connectivity index (χ0v) is 39.7. The van der Waals surface area contributed by atoms with Gasteiger partial charge in [-0.3, -0.25) is 9.59 Å². The molecule has 4 aromatic carbocycles. The van der Waals surface area contributed by atoms with E-state index >= 15 is 0 Å². The lowest BCUT2D eigenvalue weighted by Gasteiger charge is -2.29. The number of ether oxygens (including phenoxy) is 2. The Bertz CT molecular complexity index is 2630. The van der Waals surface area contributed by atoms with E-state index in [0.717, 1.165) is 70.5 Å². The number of aromatic amines is 2. The van der Waals surface area contributed by atoms with Crippen LogP contribution in [0.25, 0.3) is 44.3 Å². The van der Waals surface area contributed by atoms with Gasteiger partial charge in [0.1, 0.15) is 23.7 Å². The molecule has 2 aromatic heterocycles. The number of nitrogens with one attached hydrogen (secondary N) is 4. The Morgan fingerprint density at radius 3 is 1.42 bits per heavy atom. The normalized spacial score (nSPS) is 18.2. The van der Waals surface area contributed by atoms with Gasteiger partial charge in [-0.1, -0.05) is 76.2 Å². The molecule has 12 rings (SSSR count). The summed E-state index contributed by atoms with van der Waals surface area (Å²) in [7, 11) is 2.60. The lowest BCUT2D eigenvalue weighted by Crippen LogP contribution is -2.51. The number of aryl methyl sites for hydroxylation is 4. The van der Waals surface area contributed by atoms with Crippen molar-refractivity contribution in [3.05, 3.63) is 107 Å². The summed E-state index contributed by atoms with van der Waals surface area (Å²) in [4.78, 5) is 72.6. The van der Waals surface area contributed by atoms with Gasteiger partial charge in [-0.05, 0) is 106 Å². The molecular formula is C50H56N8O6S2. The van der Waals surface area contributed by atoms with Gasteiger partial charge < -0.3 is 39.9 Å². The van der Waals surface area contributed by atoms with Crippen molar-refractivity contribution in [3.8, 4) is 22.3 Å². The molecule has 0 saturated carbocycles. The van der Waals surface area contributed by atoms with E-state index in [1.54, 1.807) is 23.5 Å².